The Labute approximate surface area is 117 Å². The highest BCUT2D eigenvalue weighted by molar-refractivity contribution is 5.90. The predicted molar refractivity (Wildman–Crippen MR) is 75.7 cm³/mol. The Kier molecular flexibility index (Phi) is 4.32. The fourth-order valence-electron chi connectivity index (χ4n) is 1.70. The van der Waals surface area contributed by atoms with Crippen molar-refractivity contribution in [2.75, 3.05) is 5.32 Å². The molecule has 2 N–H and O–H groups in total. The standard InChI is InChI=1S/C15H16N2O3/c1-10(18)12-7-8-16-15(9-12)20-14-6-4-3-5-13(14)17-11(2)19/h3-10,18H,1-2H3,(H,17,19)/t10-/m0/s1. The number of aliphatic hydroxyl groups excluding tert-OH is 1. The molecule has 0 radical (unpaired) electrons. The number of pyridine rings is 1. The third-order valence-electron chi connectivity index (χ3n) is 2.65. The molecule has 20 heavy (non-hydrogen) atoms. The van der Waals surface area contributed by atoms with Crippen molar-refractivity contribution in [3.05, 3.63) is 48.2 Å². The number of nitrogens with zero attached hydrogens (tertiary/aromatic N) is 1. The molecule has 2 rings (SSSR count). The summed E-state index contributed by atoms with van der Waals surface area (Å²) in [5.74, 6) is 0.686. The van der Waals surface area contributed by atoms with Crippen molar-refractivity contribution in [2.45, 2.75) is 20.0 Å². The Morgan fingerprint density at radius 3 is 2.80 bits per heavy atom. The van der Waals surface area contributed by atoms with E-state index >= 15 is 0 Å². The Morgan fingerprint density at radius 2 is 2.10 bits per heavy atom. The van der Waals surface area contributed by atoms with Crippen molar-refractivity contribution in [3.8, 4) is 11.6 Å². The van der Waals surface area contributed by atoms with Crippen molar-refractivity contribution >= 4 is 11.6 Å². The predicted octanol–water partition coefficient (Wildman–Crippen LogP) is 2.89. The third kappa shape index (κ3) is 3.55. The van der Waals surface area contributed by atoms with Crippen LogP contribution in [0.5, 0.6) is 11.6 Å². The number of anilines is 1. The third-order valence-corrected chi connectivity index (χ3v) is 2.65. The lowest BCUT2D eigenvalue weighted by molar-refractivity contribution is -0.114. The highest BCUT2D eigenvalue weighted by Gasteiger charge is 2.08. The number of carbonyl (C=O) groups excluding carboxylic acids is 1. The highest BCUT2D eigenvalue weighted by atomic mass is 16.5. The molecule has 0 spiro atoms. The van der Waals surface area contributed by atoms with Gasteiger partial charge in [0.15, 0.2) is 5.75 Å². The summed E-state index contributed by atoms with van der Waals surface area (Å²) in [4.78, 5) is 15.2. The molecule has 0 unspecified atom stereocenters. The summed E-state index contributed by atoms with van der Waals surface area (Å²) in [5.41, 5.74) is 1.29. The van der Waals surface area contributed by atoms with E-state index in [0.717, 1.165) is 0 Å². The number of carbonyl (C=O) groups is 1. The number of hydrogen-bond acceptors (Lipinski definition) is 4. The average molecular weight is 272 g/mol. The fraction of sp³-hybridized carbons (Fsp3) is 0.200. The van der Waals surface area contributed by atoms with Crippen LogP contribution in [0.2, 0.25) is 0 Å². The molecule has 104 valence electrons. The number of para-hydroxylation sites is 2. The van der Waals surface area contributed by atoms with E-state index in [9.17, 15) is 9.90 Å². The molecule has 0 aliphatic rings. The minimum atomic E-state index is -0.592. The lowest BCUT2D eigenvalue weighted by Gasteiger charge is -2.11. The van der Waals surface area contributed by atoms with E-state index in [4.69, 9.17) is 4.74 Å². The van der Waals surface area contributed by atoms with E-state index < -0.39 is 6.10 Å². The van der Waals surface area contributed by atoms with Gasteiger partial charge >= 0.3 is 0 Å². The number of amides is 1. The topological polar surface area (TPSA) is 71.5 Å². The second-order valence-corrected chi connectivity index (χ2v) is 4.38. The van der Waals surface area contributed by atoms with Crippen LogP contribution in [0.4, 0.5) is 5.69 Å². The molecule has 1 aromatic heterocycles. The van der Waals surface area contributed by atoms with Gasteiger partial charge in [-0.2, -0.15) is 0 Å². The first kappa shape index (κ1) is 14.0. The van der Waals surface area contributed by atoms with Crippen molar-refractivity contribution in [1.29, 1.82) is 0 Å². The molecule has 1 heterocycles. The summed E-state index contributed by atoms with van der Waals surface area (Å²) in [7, 11) is 0. The smallest absolute Gasteiger partial charge is 0.221 e. The van der Waals surface area contributed by atoms with Crippen LogP contribution in [-0.4, -0.2) is 16.0 Å². The van der Waals surface area contributed by atoms with Crippen LogP contribution >= 0.6 is 0 Å². The van der Waals surface area contributed by atoms with Gasteiger partial charge in [-0.15, -0.1) is 0 Å². The van der Waals surface area contributed by atoms with Crippen LogP contribution in [-0.2, 0) is 4.79 Å². The quantitative estimate of drug-likeness (QED) is 0.897. The second kappa shape index (κ2) is 6.16. The van der Waals surface area contributed by atoms with Gasteiger partial charge in [-0.25, -0.2) is 4.98 Å². The lowest BCUT2D eigenvalue weighted by Crippen LogP contribution is -2.07. The SMILES string of the molecule is CC(=O)Nc1ccccc1Oc1cc([C@H](C)O)ccn1. The number of aromatic nitrogens is 1. The Bertz CT molecular complexity index is 612. The molecule has 1 aromatic carbocycles. The highest BCUT2D eigenvalue weighted by Crippen LogP contribution is 2.29. The van der Waals surface area contributed by atoms with Gasteiger partial charge < -0.3 is 15.2 Å². The van der Waals surface area contributed by atoms with E-state index in [2.05, 4.69) is 10.3 Å². The summed E-state index contributed by atoms with van der Waals surface area (Å²) in [6.45, 7) is 3.10. The average Bonchev–Trinajstić information content (AvgIpc) is 2.41. The van der Waals surface area contributed by atoms with Gasteiger partial charge in [-0.3, -0.25) is 4.79 Å². The minimum Gasteiger partial charge on any atom is -0.437 e. The van der Waals surface area contributed by atoms with Crippen molar-refractivity contribution in [3.63, 3.8) is 0 Å². The zero-order chi connectivity index (χ0) is 14.5. The number of hydrogen-bond donors (Lipinski definition) is 2. The molecule has 5 nitrogen and oxygen atoms in total. The van der Waals surface area contributed by atoms with Gasteiger partial charge in [0.25, 0.3) is 0 Å². The van der Waals surface area contributed by atoms with Crippen molar-refractivity contribution in [1.82, 2.24) is 4.98 Å². The molecule has 1 atom stereocenters. The summed E-state index contributed by atoms with van der Waals surface area (Å²) in [6.07, 6.45) is 0.976. The normalized spacial score (nSPS) is 11.8. The molecular weight excluding hydrogens is 256 g/mol. The maximum Gasteiger partial charge on any atom is 0.221 e. The van der Waals surface area contributed by atoms with E-state index in [0.29, 0.717) is 22.9 Å². The van der Waals surface area contributed by atoms with E-state index in [-0.39, 0.29) is 5.91 Å². The Morgan fingerprint density at radius 1 is 1.35 bits per heavy atom. The molecule has 5 heteroatoms. The molecule has 0 aliphatic heterocycles. The summed E-state index contributed by atoms with van der Waals surface area (Å²) in [6, 6.07) is 10.5. The molecule has 0 bridgehead atoms. The molecule has 1 amide bonds. The fourth-order valence-corrected chi connectivity index (χ4v) is 1.70. The van der Waals surface area contributed by atoms with Gasteiger partial charge in [0.2, 0.25) is 11.8 Å². The maximum absolute atomic E-state index is 11.1. The maximum atomic E-state index is 11.1. The van der Waals surface area contributed by atoms with E-state index in [1.165, 1.54) is 6.92 Å². The van der Waals surface area contributed by atoms with Crippen molar-refractivity contribution in [2.24, 2.45) is 0 Å². The van der Waals surface area contributed by atoms with Gasteiger partial charge in [-0.1, -0.05) is 12.1 Å². The summed E-state index contributed by atoms with van der Waals surface area (Å²) in [5, 5.41) is 12.2. The zero-order valence-corrected chi connectivity index (χ0v) is 11.3. The van der Waals surface area contributed by atoms with Crippen LogP contribution in [0.3, 0.4) is 0 Å². The molecular formula is C15H16N2O3. The van der Waals surface area contributed by atoms with E-state index in [1.807, 2.05) is 0 Å². The molecule has 2 aromatic rings. The number of benzene rings is 1. The zero-order valence-electron chi connectivity index (χ0n) is 11.3. The summed E-state index contributed by atoms with van der Waals surface area (Å²) < 4.78 is 5.66. The first-order valence-corrected chi connectivity index (χ1v) is 6.25. The van der Waals surface area contributed by atoms with Crippen LogP contribution in [0.15, 0.2) is 42.6 Å². The Hall–Kier alpha value is -2.40. The number of ether oxygens (including phenoxy) is 1. The van der Waals surface area contributed by atoms with E-state index in [1.54, 1.807) is 49.5 Å². The number of rotatable bonds is 4. The second-order valence-electron chi connectivity index (χ2n) is 4.38. The Balaban J connectivity index is 2.25. The van der Waals surface area contributed by atoms with Crippen molar-refractivity contribution < 1.29 is 14.6 Å². The van der Waals surface area contributed by atoms with Gasteiger partial charge in [0.1, 0.15) is 0 Å². The van der Waals surface area contributed by atoms with Crippen LogP contribution in [0, 0.1) is 0 Å². The molecule has 0 aliphatic carbocycles. The van der Waals surface area contributed by atoms with Crippen LogP contribution in [0.25, 0.3) is 0 Å². The van der Waals surface area contributed by atoms with Gasteiger partial charge in [-0.05, 0) is 30.7 Å². The molecule has 0 saturated carbocycles. The molecule has 0 saturated heterocycles. The van der Waals surface area contributed by atoms with Gasteiger partial charge in [0.05, 0.1) is 11.8 Å². The van der Waals surface area contributed by atoms with Gasteiger partial charge in [0, 0.05) is 19.2 Å². The number of aliphatic hydroxyl groups is 1. The minimum absolute atomic E-state index is 0.174. The molecule has 0 fully saturated rings. The largest absolute Gasteiger partial charge is 0.437 e. The van der Waals surface area contributed by atoms with Crippen LogP contribution in [0.1, 0.15) is 25.5 Å². The first-order valence-electron chi connectivity index (χ1n) is 6.25. The first-order chi connectivity index (χ1) is 9.56. The number of nitrogens with one attached hydrogen (secondary N) is 1. The lowest BCUT2D eigenvalue weighted by atomic mass is 10.2. The van der Waals surface area contributed by atoms with Crippen LogP contribution < -0.4 is 10.1 Å². The monoisotopic (exact) mass is 272 g/mol. The summed E-state index contributed by atoms with van der Waals surface area (Å²) >= 11 is 0.